The summed E-state index contributed by atoms with van der Waals surface area (Å²) in [7, 11) is 1.68. The molecule has 0 aliphatic heterocycles. The molecule has 8 heteroatoms. The molecule has 0 saturated heterocycles. The predicted molar refractivity (Wildman–Crippen MR) is 78.9 cm³/mol. The highest BCUT2D eigenvalue weighted by Crippen LogP contribution is 2.12. The Labute approximate surface area is 123 Å². The fourth-order valence-electron chi connectivity index (χ4n) is 1.91. The first-order valence-corrected chi connectivity index (χ1v) is 6.09. The molecule has 2 rings (SSSR count). The van der Waals surface area contributed by atoms with Crippen molar-refractivity contribution >= 4 is 24.1 Å². The molecule has 3 N–H and O–H groups in total. The Morgan fingerprint density at radius 2 is 2.20 bits per heavy atom. The van der Waals surface area contributed by atoms with Crippen LogP contribution < -0.4 is 11.1 Å². The van der Waals surface area contributed by atoms with Crippen LogP contribution in [0.4, 0.5) is 5.82 Å². The smallest absolute Gasteiger partial charge is 0.267 e. The third-order valence-electron chi connectivity index (χ3n) is 2.82. The van der Waals surface area contributed by atoms with Crippen molar-refractivity contribution in [1.82, 2.24) is 19.6 Å². The number of rotatable bonds is 5. The molecule has 2 aromatic heterocycles. The van der Waals surface area contributed by atoms with Crippen LogP contribution in [0.5, 0.6) is 0 Å². The lowest BCUT2D eigenvalue weighted by molar-refractivity contribution is 0.0991. The summed E-state index contributed by atoms with van der Waals surface area (Å²) in [5, 5.41) is 11.6. The number of hydrogen-bond donors (Lipinski definition) is 2. The number of hydrogen-bond acceptors (Lipinski definition) is 4. The summed E-state index contributed by atoms with van der Waals surface area (Å²) < 4.78 is 3.40. The average Bonchev–Trinajstić information content (AvgIpc) is 2.92. The molecule has 0 saturated carbocycles. The monoisotopic (exact) mass is 298 g/mol. The summed E-state index contributed by atoms with van der Waals surface area (Å²) in [5.74, 6) is 0.128. The molecule has 0 fully saturated rings. The summed E-state index contributed by atoms with van der Waals surface area (Å²) >= 11 is 0. The van der Waals surface area contributed by atoms with Gasteiger partial charge in [0.2, 0.25) is 0 Å². The first kappa shape index (κ1) is 16.0. The maximum atomic E-state index is 11.1. The van der Waals surface area contributed by atoms with E-state index in [9.17, 15) is 4.79 Å². The molecule has 0 bridgehead atoms. The van der Waals surface area contributed by atoms with Gasteiger partial charge in [0, 0.05) is 25.4 Å². The van der Waals surface area contributed by atoms with Gasteiger partial charge in [-0.25, -0.2) is 0 Å². The minimum atomic E-state index is -0.490. The molecule has 2 aromatic rings. The quantitative estimate of drug-likeness (QED) is 0.871. The Kier molecular flexibility index (Phi) is 5.15. The van der Waals surface area contributed by atoms with E-state index in [2.05, 4.69) is 29.4 Å². The highest BCUT2D eigenvalue weighted by molar-refractivity contribution is 5.91. The van der Waals surface area contributed by atoms with Crippen LogP contribution in [0.25, 0.3) is 0 Å². The van der Waals surface area contributed by atoms with E-state index in [1.54, 1.807) is 19.3 Å². The van der Waals surface area contributed by atoms with Gasteiger partial charge in [0.05, 0.1) is 12.2 Å². The Morgan fingerprint density at radius 1 is 1.50 bits per heavy atom. The largest absolute Gasteiger partial charge is 0.364 e. The number of nitrogens with zero attached hydrogens (tertiary/aromatic N) is 4. The van der Waals surface area contributed by atoms with Gasteiger partial charge in [-0.2, -0.15) is 10.2 Å². The van der Waals surface area contributed by atoms with E-state index in [1.807, 2.05) is 10.7 Å². The normalized spacial score (nSPS) is 10.4. The van der Waals surface area contributed by atoms with E-state index in [0.29, 0.717) is 24.1 Å². The van der Waals surface area contributed by atoms with Gasteiger partial charge in [-0.1, -0.05) is 0 Å². The minimum Gasteiger partial charge on any atom is -0.364 e. The molecule has 0 spiro atoms. The number of carbonyl (C=O) groups excluding carboxylic acids is 1. The van der Waals surface area contributed by atoms with Crippen LogP contribution >= 0.6 is 12.4 Å². The number of primary amides is 1. The molecule has 0 unspecified atom stereocenters. The van der Waals surface area contributed by atoms with Crippen LogP contribution in [0.1, 0.15) is 36.1 Å². The van der Waals surface area contributed by atoms with Crippen LogP contribution in [-0.4, -0.2) is 25.5 Å². The highest BCUT2D eigenvalue weighted by Gasteiger charge is 2.11. The average molecular weight is 299 g/mol. The summed E-state index contributed by atoms with van der Waals surface area (Å²) in [5.41, 5.74) is 6.67. The summed E-state index contributed by atoms with van der Waals surface area (Å²) in [6.45, 7) is 4.73. The van der Waals surface area contributed by atoms with Gasteiger partial charge in [-0.3, -0.25) is 14.2 Å². The van der Waals surface area contributed by atoms with Crippen LogP contribution in [0.3, 0.4) is 0 Å². The number of carbonyl (C=O) groups is 1. The number of halogens is 1. The molecule has 0 aliphatic rings. The van der Waals surface area contributed by atoms with Crippen molar-refractivity contribution in [2.75, 3.05) is 5.32 Å². The van der Waals surface area contributed by atoms with Gasteiger partial charge in [0.1, 0.15) is 11.5 Å². The number of aromatic nitrogens is 4. The molecule has 0 aliphatic carbocycles. The summed E-state index contributed by atoms with van der Waals surface area (Å²) in [6.07, 6.45) is 1.77. The number of aryl methyl sites for hydroxylation is 1. The Bertz CT molecular complexity index is 589. The zero-order chi connectivity index (χ0) is 14.0. The van der Waals surface area contributed by atoms with Gasteiger partial charge < -0.3 is 11.1 Å². The fraction of sp³-hybridized carbons (Fsp3) is 0.417. The van der Waals surface area contributed by atoms with Gasteiger partial charge >= 0.3 is 0 Å². The Hall–Kier alpha value is -2.02. The highest BCUT2D eigenvalue weighted by atomic mass is 35.5. The zero-order valence-corrected chi connectivity index (χ0v) is 12.5. The molecule has 0 radical (unpaired) electrons. The fourth-order valence-corrected chi connectivity index (χ4v) is 1.91. The van der Waals surface area contributed by atoms with E-state index in [1.165, 1.54) is 4.68 Å². The zero-order valence-electron chi connectivity index (χ0n) is 11.7. The second-order valence-electron chi connectivity index (χ2n) is 4.62. The van der Waals surface area contributed by atoms with Crippen molar-refractivity contribution in [2.24, 2.45) is 12.8 Å². The molecule has 0 aromatic carbocycles. The Balaban J connectivity index is 0.00000200. The lowest BCUT2D eigenvalue weighted by Crippen LogP contribution is -2.15. The van der Waals surface area contributed by atoms with E-state index < -0.39 is 5.91 Å². The first-order valence-electron chi connectivity index (χ1n) is 6.09. The lowest BCUT2D eigenvalue weighted by atomic mass is 10.3. The predicted octanol–water partition coefficient (Wildman–Crippen LogP) is 1.33. The topological polar surface area (TPSA) is 90.8 Å². The number of nitrogens with two attached hydrogens (primary N) is 1. The molecule has 110 valence electrons. The van der Waals surface area contributed by atoms with Crippen molar-refractivity contribution in [1.29, 1.82) is 0 Å². The van der Waals surface area contributed by atoms with E-state index >= 15 is 0 Å². The molecule has 2 heterocycles. The number of anilines is 1. The van der Waals surface area contributed by atoms with E-state index in [4.69, 9.17) is 5.73 Å². The second kappa shape index (κ2) is 6.42. The van der Waals surface area contributed by atoms with Crippen LogP contribution in [-0.2, 0) is 13.6 Å². The van der Waals surface area contributed by atoms with Gasteiger partial charge in [0.15, 0.2) is 0 Å². The molecular formula is C12H19ClN6O. The molecular weight excluding hydrogens is 280 g/mol. The molecule has 1 amide bonds. The van der Waals surface area contributed by atoms with E-state index in [-0.39, 0.29) is 12.4 Å². The lowest BCUT2D eigenvalue weighted by Gasteiger charge is -2.11. The number of nitrogens with one attached hydrogen (secondary N) is 1. The van der Waals surface area contributed by atoms with Crippen molar-refractivity contribution in [3.8, 4) is 0 Å². The third-order valence-corrected chi connectivity index (χ3v) is 2.82. The maximum absolute atomic E-state index is 11.1. The molecule has 0 atom stereocenters. The summed E-state index contributed by atoms with van der Waals surface area (Å²) in [4.78, 5) is 11.1. The maximum Gasteiger partial charge on any atom is 0.267 e. The van der Waals surface area contributed by atoms with Crippen molar-refractivity contribution in [3.05, 3.63) is 29.7 Å². The number of amides is 1. The van der Waals surface area contributed by atoms with Crippen molar-refractivity contribution in [3.63, 3.8) is 0 Å². The van der Waals surface area contributed by atoms with E-state index in [0.717, 1.165) is 5.69 Å². The standard InChI is InChI=1S/C12H18N6O.ClH/c1-8(2)18-9(4-5-15-18)7-14-11-6-10(12(13)19)17(3)16-11;/h4-6,8H,7H2,1-3H3,(H2,13,19)(H,14,16);1H. The molecule has 20 heavy (non-hydrogen) atoms. The second-order valence-corrected chi connectivity index (χ2v) is 4.62. The van der Waals surface area contributed by atoms with Gasteiger partial charge in [-0.15, -0.1) is 12.4 Å². The molecule has 7 nitrogen and oxygen atoms in total. The SMILES string of the molecule is CC(C)n1nccc1CNc1cc(C(N)=O)n(C)n1.Cl. The van der Waals surface area contributed by atoms with Crippen molar-refractivity contribution in [2.45, 2.75) is 26.4 Å². The Morgan fingerprint density at radius 3 is 2.75 bits per heavy atom. The minimum absolute atomic E-state index is 0. The van der Waals surface area contributed by atoms with Crippen LogP contribution in [0, 0.1) is 0 Å². The van der Waals surface area contributed by atoms with Gasteiger partial charge in [-0.05, 0) is 19.9 Å². The van der Waals surface area contributed by atoms with Gasteiger partial charge in [0.25, 0.3) is 5.91 Å². The van der Waals surface area contributed by atoms with Crippen LogP contribution in [0.15, 0.2) is 18.3 Å². The van der Waals surface area contributed by atoms with Crippen LogP contribution in [0.2, 0.25) is 0 Å². The van der Waals surface area contributed by atoms with Crippen molar-refractivity contribution < 1.29 is 4.79 Å². The third kappa shape index (κ3) is 3.30. The first-order chi connectivity index (χ1) is 8.99. The summed E-state index contributed by atoms with van der Waals surface area (Å²) in [6, 6.07) is 3.89.